The number of hydrogen-bond donors (Lipinski definition) is 1. The molecule has 0 unspecified atom stereocenters. The van der Waals surface area contributed by atoms with Gasteiger partial charge in [0.05, 0.1) is 31.9 Å². The monoisotopic (exact) mass is 487 g/mol. The molecule has 4 rings (SSSR count). The number of para-hydroxylation sites is 2. The van der Waals surface area contributed by atoms with E-state index in [0.29, 0.717) is 30.2 Å². The van der Waals surface area contributed by atoms with Gasteiger partial charge in [-0.25, -0.2) is 4.98 Å². The number of fused-ring (bicyclic) bond motifs is 1. The van der Waals surface area contributed by atoms with E-state index in [1.807, 2.05) is 30.3 Å². The van der Waals surface area contributed by atoms with E-state index in [2.05, 4.69) is 35.0 Å². The van der Waals surface area contributed by atoms with Gasteiger partial charge in [0, 0.05) is 25.1 Å². The predicted octanol–water partition coefficient (Wildman–Crippen LogP) is 5.19. The number of amides is 1. The molecule has 188 valence electrons. The van der Waals surface area contributed by atoms with Crippen LogP contribution in [0.25, 0.3) is 11.0 Å². The normalized spacial score (nSPS) is 10.9. The van der Waals surface area contributed by atoms with E-state index in [0.717, 1.165) is 48.4 Å². The van der Waals surface area contributed by atoms with E-state index in [9.17, 15) is 4.79 Å². The third-order valence-electron chi connectivity index (χ3n) is 6.06. The van der Waals surface area contributed by atoms with E-state index >= 15 is 0 Å². The molecule has 36 heavy (non-hydrogen) atoms. The molecule has 7 nitrogen and oxygen atoms in total. The number of nitrogens with zero attached hydrogens (tertiary/aromatic N) is 2. The van der Waals surface area contributed by atoms with Crippen LogP contribution in [0.15, 0.2) is 66.7 Å². The third kappa shape index (κ3) is 6.16. The number of nitrogens with one attached hydrogen (secondary N) is 1. The van der Waals surface area contributed by atoms with Crippen LogP contribution in [0.4, 0.5) is 0 Å². The topological polar surface area (TPSA) is 74.6 Å². The van der Waals surface area contributed by atoms with E-state index in [1.165, 1.54) is 5.56 Å². The largest absolute Gasteiger partial charge is 0.494 e. The zero-order valence-corrected chi connectivity index (χ0v) is 21.1. The van der Waals surface area contributed by atoms with Crippen molar-refractivity contribution in [2.75, 3.05) is 27.4 Å². The first-order valence-electron chi connectivity index (χ1n) is 12.2. The van der Waals surface area contributed by atoms with E-state index in [-0.39, 0.29) is 5.91 Å². The summed E-state index contributed by atoms with van der Waals surface area (Å²) >= 11 is 0. The van der Waals surface area contributed by atoms with Crippen LogP contribution in [0.5, 0.6) is 17.2 Å². The van der Waals surface area contributed by atoms with Gasteiger partial charge in [0.1, 0.15) is 11.6 Å². The second kappa shape index (κ2) is 12.1. The first kappa shape index (κ1) is 25.1. The molecule has 1 heterocycles. The highest BCUT2D eigenvalue weighted by Crippen LogP contribution is 2.27. The van der Waals surface area contributed by atoms with Crippen LogP contribution in [-0.4, -0.2) is 42.8 Å². The lowest BCUT2D eigenvalue weighted by Gasteiger charge is -2.12. The lowest BCUT2D eigenvalue weighted by Crippen LogP contribution is -2.25. The summed E-state index contributed by atoms with van der Waals surface area (Å²) in [5.74, 6) is 2.90. The fourth-order valence-corrected chi connectivity index (χ4v) is 4.14. The Balaban J connectivity index is 1.32. The molecule has 7 heteroatoms. The second-order valence-corrected chi connectivity index (χ2v) is 8.61. The van der Waals surface area contributed by atoms with Crippen LogP contribution in [-0.2, 0) is 13.0 Å². The van der Waals surface area contributed by atoms with Crippen LogP contribution in [0.1, 0.15) is 34.6 Å². The molecule has 1 aromatic heterocycles. The molecule has 0 aliphatic rings. The summed E-state index contributed by atoms with van der Waals surface area (Å²) < 4.78 is 18.7. The Bertz CT molecular complexity index is 1300. The van der Waals surface area contributed by atoms with Gasteiger partial charge in [-0.3, -0.25) is 4.79 Å². The Morgan fingerprint density at radius 1 is 0.944 bits per heavy atom. The maximum Gasteiger partial charge on any atom is 0.251 e. The van der Waals surface area contributed by atoms with Crippen molar-refractivity contribution in [1.82, 2.24) is 14.9 Å². The summed E-state index contributed by atoms with van der Waals surface area (Å²) in [5, 5.41) is 2.99. The van der Waals surface area contributed by atoms with Gasteiger partial charge in [-0.2, -0.15) is 0 Å². The molecular weight excluding hydrogens is 454 g/mol. The second-order valence-electron chi connectivity index (χ2n) is 8.61. The summed E-state index contributed by atoms with van der Waals surface area (Å²) in [5.41, 5.74) is 3.86. The number of hydrogen-bond acceptors (Lipinski definition) is 5. The average Bonchev–Trinajstić information content (AvgIpc) is 3.26. The molecule has 0 aliphatic heterocycles. The minimum Gasteiger partial charge on any atom is -0.494 e. The fraction of sp³-hybridized carbons (Fsp3) is 0.310. The number of rotatable bonds is 12. The Kier molecular flexibility index (Phi) is 8.44. The molecule has 3 aromatic carbocycles. The molecule has 0 spiro atoms. The molecule has 4 aromatic rings. The van der Waals surface area contributed by atoms with Crippen molar-refractivity contribution in [3.05, 3.63) is 83.7 Å². The van der Waals surface area contributed by atoms with Crippen molar-refractivity contribution < 1.29 is 19.0 Å². The summed E-state index contributed by atoms with van der Waals surface area (Å²) in [6.45, 7) is 4.07. The van der Waals surface area contributed by atoms with E-state index in [1.54, 1.807) is 32.4 Å². The standard InChI is InChI=1S/C29H33N3O4/c1-21-11-14-23(15-12-21)36-19-7-18-32-25-9-5-4-8-24(25)31-28(32)10-6-17-30-29(33)22-13-16-26(34-2)27(20-22)35-3/h4-5,8-9,11-16,20H,6-7,10,17-19H2,1-3H3,(H,30,33). The zero-order chi connectivity index (χ0) is 25.3. The highest BCUT2D eigenvalue weighted by atomic mass is 16.5. The van der Waals surface area contributed by atoms with Crippen LogP contribution < -0.4 is 19.5 Å². The molecular formula is C29H33N3O4. The van der Waals surface area contributed by atoms with Crippen molar-refractivity contribution in [3.8, 4) is 17.2 Å². The molecule has 0 atom stereocenters. The number of carbonyl (C=O) groups is 1. The molecule has 1 N–H and O–H groups in total. The number of ether oxygens (including phenoxy) is 3. The van der Waals surface area contributed by atoms with Crippen LogP contribution in [0.3, 0.4) is 0 Å². The number of aryl methyl sites for hydroxylation is 3. The van der Waals surface area contributed by atoms with Crippen LogP contribution >= 0.6 is 0 Å². The average molecular weight is 488 g/mol. The fourth-order valence-electron chi connectivity index (χ4n) is 4.14. The summed E-state index contributed by atoms with van der Waals surface area (Å²) in [7, 11) is 3.13. The van der Waals surface area contributed by atoms with Crippen molar-refractivity contribution in [2.24, 2.45) is 0 Å². The maximum absolute atomic E-state index is 12.6. The first-order chi connectivity index (χ1) is 17.6. The smallest absolute Gasteiger partial charge is 0.251 e. The van der Waals surface area contributed by atoms with Gasteiger partial charge >= 0.3 is 0 Å². The lowest BCUT2D eigenvalue weighted by atomic mass is 10.2. The quantitative estimate of drug-likeness (QED) is 0.278. The molecule has 0 aliphatic carbocycles. The Labute approximate surface area is 212 Å². The van der Waals surface area contributed by atoms with Crippen molar-refractivity contribution in [2.45, 2.75) is 32.7 Å². The lowest BCUT2D eigenvalue weighted by molar-refractivity contribution is 0.0952. The molecule has 0 saturated heterocycles. The molecule has 0 fully saturated rings. The first-order valence-corrected chi connectivity index (χ1v) is 12.2. The molecule has 0 bridgehead atoms. The van der Waals surface area contributed by atoms with Crippen LogP contribution in [0, 0.1) is 6.92 Å². The van der Waals surface area contributed by atoms with Crippen molar-refractivity contribution >= 4 is 16.9 Å². The number of methoxy groups -OCH3 is 2. The van der Waals surface area contributed by atoms with E-state index < -0.39 is 0 Å². The Morgan fingerprint density at radius 2 is 1.72 bits per heavy atom. The molecule has 0 radical (unpaired) electrons. The van der Waals surface area contributed by atoms with Gasteiger partial charge < -0.3 is 24.1 Å². The summed E-state index contributed by atoms with van der Waals surface area (Å²) in [4.78, 5) is 17.5. The molecule has 0 saturated carbocycles. The maximum atomic E-state index is 12.6. The highest BCUT2D eigenvalue weighted by Gasteiger charge is 2.12. The van der Waals surface area contributed by atoms with Gasteiger partial charge in [0.15, 0.2) is 11.5 Å². The third-order valence-corrected chi connectivity index (χ3v) is 6.06. The number of imidazole rings is 1. The SMILES string of the molecule is COc1ccc(C(=O)NCCCc2nc3ccccc3n2CCCOc2ccc(C)cc2)cc1OC. The van der Waals surface area contributed by atoms with Crippen molar-refractivity contribution in [1.29, 1.82) is 0 Å². The van der Waals surface area contributed by atoms with Gasteiger partial charge in [-0.05, 0) is 62.2 Å². The summed E-state index contributed by atoms with van der Waals surface area (Å²) in [6, 6.07) is 21.5. The number of benzene rings is 3. The van der Waals surface area contributed by atoms with Crippen LogP contribution in [0.2, 0.25) is 0 Å². The van der Waals surface area contributed by atoms with Gasteiger partial charge in [-0.15, -0.1) is 0 Å². The zero-order valence-electron chi connectivity index (χ0n) is 21.1. The number of carbonyl (C=O) groups excluding carboxylic acids is 1. The minimum atomic E-state index is -0.141. The minimum absolute atomic E-state index is 0.141. The predicted molar refractivity (Wildman–Crippen MR) is 141 cm³/mol. The van der Waals surface area contributed by atoms with Gasteiger partial charge in [-0.1, -0.05) is 29.8 Å². The van der Waals surface area contributed by atoms with Gasteiger partial charge in [0.25, 0.3) is 5.91 Å². The highest BCUT2D eigenvalue weighted by molar-refractivity contribution is 5.94. The number of aromatic nitrogens is 2. The van der Waals surface area contributed by atoms with Gasteiger partial charge in [0.2, 0.25) is 0 Å². The summed E-state index contributed by atoms with van der Waals surface area (Å²) in [6.07, 6.45) is 2.42. The Morgan fingerprint density at radius 3 is 2.50 bits per heavy atom. The Hall–Kier alpha value is -4.00. The van der Waals surface area contributed by atoms with E-state index in [4.69, 9.17) is 19.2 Å². The van der Waals surface area contributed by atoms with Crippen molar-refractivity contribution in [3.63, 3.8) is 0 Å². The molecule has 1 amide bonds.